The fourth-order valence-electron chi connectivity index (χ4n) is 2.39. The number of hydrogen-bond donors (Lipinski definition) is 1. The molecule has 3 aromatic rings. The Morgan fingerprint density at radius 2 is 1.84 bits per heavy atom. The molecule has 0 aliphatic heterocycles. The van der Waals surface area contributed by atoms with Crippen LogP contribution in [0.2, 0.25) is 0 Å². The van der Waals surface area contributed by atoms with Crippen LogP contribution in [0.15, 0.2) is 57.9 Å². The Kier molecular flexibility index (Phi) is 5.86. The van der Waals surface area contributed by atoms with E-state index in [-0.39, 0.29) is 5.95 Å². The van der Waals surface area contributed by atoms with Crippen LogP contribution in [0.25, 0.3) is 11.5 Å². The third-order valence-electron chi connectivity index (χ3n) is 3.82. The predicted octanol–water partition coefficient (Wildman–Crippen LogP) is 5.75. The molecular weight excluding hydrogens is 427 g/mol. The molecule has 0 spiro atoms. The predicted molar refractivity (Wildman–Crippen MR) is 109 cm³/mol. The zero-order valence-corrected chi connectivity index (χ0v) is 16.1. The molecule has 0 unspecified atom stereocenters. The lowest BCUT2D eigenvalue weighted by Gasteiger charge is -2.00. The smallest absolute Gasteiger partial charge is 0.312 e. The number of aryl methyl sites for hydroxylation is 1. The van der Waals surface area contributed by atoms with Crippen LogP contribution >= 0.6 is 22.6 Å². The van der Waals surface area contributed by atoms with Gasteiger partial charge in [-0.3, -0.25) is 4.99 Å². The largest absolute Gasteiger partial charge is 0.479 e. The monoisotopic (exact) mass is 446 g/mol. The van der Waals surface area contributed by atoms with Crippen molar-refractivity contribution < 1.29 is 9.52 Å². The quantitative estimate of drug-likeness (QED) is 0.388. The normalized spacial score (nSPS) is 11.3. The summed E-state index contributed by atoms with van der Waals surface area (Å²) in [5.74, 6) is 0.169. The number of hydrogen-bond acceptors (Lipinski definition) is 4. The molecule has 0 bridgehead atoms. The maximum atomic E-state index is 9.96. The van der Waals surface area contributed by atoms with E-state index in [0.717, 1.165) is 21.2 Å². The van der Waals surface area contributed by atoms with Gasteiger partial charge in [0, 0.05) is 9.13 Å². The summed E-state index contributed by atoms with van der Waals surface area (Å²) < 4.78 is 6.53. The van der Waals surface area contributed by atoms with E-state index < -0.39 is 0 Å². The Morgan fingerprint density at radius 1 is 1.12 bits per heavy atom. The van der Waals surface area contributed by atoms with E-state index in [2.05, 4.69) is 51.6 Å². The molecule has 3 rings (SSSR count). The van der Waals surface area contributed by atoms with E-state index in [1.165, 1.54) is 24.6 Å². The topological polar surface area (TPSA) is 58.6 Å². The lowest BCUT2D eigenvalue weighted by Crippen LogP contribution is -1.86. The van der Waals surface area contributed by atoms with Gasteiger partial charge in [-0.05, 0) is 77.4 Å². The third-order valence-corrected chi connectivity index (χ3v) is 4.54. The molecule has 0 amide bonds. The molecule has 25 heavy (non-hydrogen) atoms. The summed E-state index contributed by atoms with van der Waals surface area (Å²) in [7, 11) is 0. The van der Waals surface area contributed by atoms with Gasteiger partial charge in [-0.1, -0.05) is 25.5 Å². The zero-order chi connectivity index (χ0) is 17.6. The maximum Gasteiger partial charge on any atom is 0.312 e. The van der Waals surface area contributed by atoms with Crippen LogP contribution in [0.3, 0.4) is 0 Å². The molecule has 0 atom stereocenters. The van der Waals surface area contributed by atoms with Crippen LogP contribution in [0.4, 0.5) is 5.69 Å². The molecule has 128 valence electrons. The van der Waals surface area contributed by atoms with Gasteiger partial charge in [-0.15, -0.1) is 0 Å². The Hall–Kier alpha value is -2.15. The van der Waals surface area contributed by atoms with Gasteiger partial charge in [-0.25, -0.2) is 4.98 Å². The van der Waals surface area contributed by atoms with Gasteiger partial charge >= 0.3 is 5.95 Å². The Morgan fingerprint density at radius 3 is 2.52 bits per heavy atom. The van der Waals surface area contributed by atoms with Crippen molar-refractivity contribution in [1.29, 1.82) is 0 Å². The van der Waals surface area contributed by atoms with Crippen molar-refractivity contribution in [2.45, 2.75) is 26.2 Å². The summed E-state index contributed by atoms with van der Waals surface area (Å²) in [6.45, 7) is 2.18. The van der Waals surface area contributed by atoms with E-state index >= 15 is 0 Å². The Labute approximate surface area is 160 Å². The van der Waals surface area contributed by atoms with Gasteiger partial charge in [0.05, 0.1) is 11.9 Å². The third kappa shape index (κ3) is 4.69. The summed E-state index contributed by atoms with van der Waals surface area (Å²) in [5.41, 5.74) is 3.25. The highest BCUT2D eigenvalue weighted by Gasteiger charge is 2.12. The van der Waals surface area contributed by atoms with Crippen molar-refractivity contribution in [3.8, 4) is 17.4 Å². The van der Waals surface area contributed by atoms with Crippen LogP contribution in [0.1, 0.15) is 31.0 Å². The summed E-state index contributed by atoms with van der Waals surface area (Å²) in [6, 6.07) is 15.9. The second kappa shape index (κ2) is 8.29. The minimum atomic E-state index is -0.223. The first-order chi connectivity index (χ1) is 12.2. The lowest BCUT2D eigenvalue weighted by atomic mass is 10.1. The molecule has 0 aliphatic carbocycles. The van der Waals surface area contributed by atoms with E-state index in [1.54, 1.807) is 0 Å². The van der Waals surface area contributed by atoms with E-state index in [4.69, 9.17) is 4.42 Å². The first kappa shape index (κ1) is 17.7. The van der Waals surface area contributed by atoms with Gasteiger partial charge < -0.3 is 9.52 Å². The van der Waals surface area contributed by atoms with Crippen molar-refractivity contribution in [3.63, 3.8) is 0 Å². The summed E-state index contributed by atoms with van der Waals surface area (Å²) in [6.07, 6.45) is 4.94. The average molecular weight is 446 g/mol. The van der Waals surface area contributed by atoms with Crippen molar-refractivity contribution in [2.24, 2.45) is 4.99 Å². The van der Waals surface area contributed by atoms with Crippen molar-refractivity contribution in [3.05, 3.63) is 63.4 Å². The summed E-state index contributed by atoms with van der Waals surface area (Å²) >= 11 is 2.24. The van der Waals surface area contributed by atoms with Crippen LogP contribution in [-0.2, 0) is 6.42 Å². The first-order valence-corrected chi connectivity index (χ1v) is 9.32. The highest BCUT2D eigenvalue weighted by atomic mass is 127. The van der Waals surface area contributed by atoms with Crippen LogP contribution in [0, 0.1) is 3.57 Å². The van der Waals surface area contributed by atoms with Crippen molar-refractivity contribution in [1.82, 2.24) is 4.98 Å². The SMILES string of the molecule is CCCCc1ccc(-c2nc(C=Nc3ccc(I)cc3)c(O)o2)cc1. The molecule has 0 radical (unpaired) electrons. The van der Waals surface area contributed by atoms with E-state index in [1.807, 2.05) is 36.4 Å². The number of benzene rings is 2. The second-order valence-electron chi connectivity index (χ2n) is 5.74. The molecule has 0 saturated carbocycles. The molecule has 2 aromatic carbocycles. The number of nitrogens with zero attached hydrogens (tertiary/aromatic N) is 2. The molecule has 4 nitrogen and oxygen atoms in total. The number of aliphatic imine (C=N–C) groups is 1. The highest BCUT2D eigenvalue weighted by Crippen LogP contribution is 2.26. The molecule has 5 heteroatoms. The van der Waals surface area contributed by atoms with Crippen molar-refractivity contribution >= 4 is 34.5 Å². The van der Waals surface area contributed by atoms with Crippen LogP contribution in [-0.4, -0.2) is 16.3 Å². The molecule has 1 heterocycles. The zero-order valence-electron chi connectivity index (χ0n) is 13.9. The summed E-state index contributed by atoms with van der Waals surface area (Å²) in [5, 5.41) is 9.96. The van der Waals surface area contributed by atoms with E-state index in [0.29, 0.717) is 11.6 Å². The highest BCUT2D eigenvalue weighted by molar-refractivity contribution is 14.1. The summed E-state index contributed by atoms with van der Waals surface area (Å²) in [4.78, 5) is 8.66. The van der Waals surface area contributed by atoms with Crippen LogP contribution < -0.4 is 0 Å². The first-order valence-electron chi connectivity index (χ1n) is 8.24. The van der Waals surface area contributed by atoms with Gasteiger partial charge in [0.15, 0.2) is 5.69 Å². The molecule has 0 aliphatic rings. The Bertz CT molecular complexity index is 852. The van der Waals surface area contributed by atoms with Gasteiger partial charge in [0.2, 0.25) is 5.89 Å². The van der Waals surface area contributed by atoms with Crippen LogP contribution in [0.5, 0.6) is 5.95 Å². The van der Waals surface area contributed by atoms with Gasteiger partial charge in [0.25, 0.3) is 0 Å². The molecule has 1 aromatic heterocycles. The minimum Gasteiger partial charge on any atom is -0.479 e. The minimum absolute atomic E-state index is 0.223. The molecule has 0 fully saturated rings. The second-order valence-corrected chi connectivity index (χ2v) is 6.99. The number of unbranched alkanes of at least 4 members (excludes halogenated alkanes) is 1. The molecule has 0 saturated heterocycles. The number of halogens is 1. The van der Waals surface area contributed by atoms with Crippen molar-refractivity contribution in [2.75, 3.05) is 0 Å². The number of rotatable bonds is 6. The lowest BCUT2D eigenvalue weighted by molar-refractivity contribution is 0.337. The van der Waals surface area contributed by atoms with Gasteiger partial charge in [-0.2, -0.15) is 0 Å². The standard InChI is InChI=1S/C20H19IN2O2/c1-2-3-4-14-5-7-15(8-6-14)19-23-18(20(24)25-19)13-22-17-11-9-16(21)10-12-17/h5-13,24H,2-4H2,1H3. The number of oxazole rings is 1. The molecular formula is C20H19IN2O2. The van der Waals surface area contributed by atoms with Gasteiger partial charge in [0.1, 0.15) is 0 Å². The van der Waals surface area contributed by atoms with E-state index in [9.17, 15) is 5.11 Å². The average Bonchev–Trinajstić information content (AvgIpc) is 3.01. The maximum absolute atomic E-state index is 9.96. The number of aromatic hydroxyl groups is 1. The molecule has 1 N–H and O–H groups in total. The Balaban J connectivity index is 1.76. The fourth-order valence-corrected chi connectivity index (χ4v) is 2.75. The fraction of sp³-hybridized carbons (Fsp3) is 0.200. The number of aromatic nitrogens is 1.